The summed E-state index contributed by atoms with van der Waals surface area (Å²) in [6.45, 7) is 9.50. The van der Waals surface area contributed by atoms with E-state index in [1.54, 1.807) is 12.1 Å². The Morgan fingerprint density at radius 1 is 0.622 bits per heavy atom. The van der Waals surface area contributed by atoms with Gasteiger partial charge in [-0.2, -0.15) is 30.0 Å². The molecule has 0 atom stereocenters. The number of rotatable bonds is 4. The molecule has 0 N–H and O–H groups in total. The molecule has 0 heterocycles. The summed E-state index contributed by atoms with van der Waals surface area (Å²) < 4.78 is 50.9. The third-order valence-corrected chi connectivity index (χ3v) is 7.73. The smallest absolute Gasteiger partial charge is 0.416 e. The van der Waals surface area contributed by atoms with E-state index in [9.17, 15) is 18.4 Å². The predicted molar refractivity (Wildman–Crippen MR) is 165 cm³/mol. The van der Waals surface area contributed by atoms with Gasteiger partial charge in [-0.1, -0.05) is 17.7 Å². The molecule has 0 radical (unpaired) electrons. The fraction of sp³-hybridized carbons (Fsp3) is 0.0556. The molecule has 45 heavy (non-hydrogen) atoms. The molecule has 0 spiro atoms. The summed E-state index contributed by atoms with van der Waals surface area (Å²) in [5.41, 5.74) is 0.350. The molecule has 0 fully saturated rings. The van der Waals surface area contributed by atoms with Crippen LogP contribution >= 0.6 is 0 Å². The lowest BCUT2D eigenvalue weighted by Gasteiger charge is -2.09. The summed E-state index contributed by atoms with van der Waals surface area (Å²) in [5, 5.41) is 20.9. The fourth-order valence-electron chi connectivity index (χ4n) is 5.68. The minimum absolute atomic E-state index is 0.235. The first kappa shape index (κ1) is 27.6. The van der Waals surface area contributed by atoms with Crippen molar-refractivity contribution in [3.05, 3.63) is 130 Å². The van der Waals surface area contributed by atoms with Gasteiger partial charge in [0.15, 0.2) is 5.36 Å². The number of benzene rings is 5. The van der Waals surface area contributed by atoms with E-state index in [-0.39, 0.29) is 5.75 Å². The van der Waals surface area contributed by atoms with E-state index in [1.165, 1.54) is 12.1 Å². The molecule has 0 saturated carbocycles. The van der Waals surface area contributed by atoms with Gasteiger partial charge in [0, 0.05) is 21.5 Å². The Balaban J connectivity index is 1.38. The molecule has 0 saturated heterocycles. The highest BCUT2D eigenvalue weighted by Gasteiger charge is 2.30. The van der Waals surface area contributed by atoms with Crippen molar-refractivity contribution in [2.75, 3.05) is 0 Å². The lowest BCUT2D eigenvalue weighted by Crippen LogP contribution is -2.04. The summed E-state index contributed by atoms with van der Waals surface area (Å²) in [4.78, 5) is 7.48. The molecule has 0 aliphatic heterocycles. The van der Waals surface area contributed by atoms with E-state index >= 15 is 0 Å². The van der Waals surface area contributed by atoms with Gasteiger partial charge in [-0.3, -0.25) is 0 Å². The molecular formula is C36H19F3N4O2. The molecule has 7 rings (SSSR count). The van der Waals surface area contributed by atoms with Crippen molar-refractivity contribution in [2.24, 2.45) is 10.1 Å². The van der Waals surface area contributed by atoms with E-state index in [0.29, 0.717) is 33.3 Å². The molecule has 0 aliphatic rings. The molecule has 0 amide bonds. The van der Waals surface area contributed by atoms with Crippen molar-refractivity contribution in [3.8, 4) is 29.2 Å². The monoisotopic (exact) mass is 596 g/mol. The average molecular weight is 597 g/mol. The van der Waals surface area contributed by atoms with Gasteiger partial charge in [0.25, 0.3) is 0 Å². The largest absolute Gasteiger partial charge is 0.457 e. The Morgan fingerprint density at radius 3 is 1.60 bits per heavy atom. The van der Waals surface area contributed by atoms with Crippen LogP contribution in [0.1, 0.15) is 11.1 Å². The normalized spacial score (nSPS) is 12.7. The molecule has 0 unspecified atom stereocenters. The van der Waals surface area contributed by atoms with Crippen LogP contribution in [0.3, 0.4) is 0 Å². The van der Waals surface area contributed by atoms with Gasteiger partial charge in [0.1, 0.15) is 23.0 Å². The quantitative estimate of drug-likeness (QED) is 0.116. The van der Waals surface area contributed by atoms with Crippen LogP contribution < -0.4 is 20.2 Å². The maximum atomic E-state index is 13.0. The third-order valence-electron chi connectivity index (χ3n) is 7.73. The second kappa shape index (κ2) is 10.5. The number of halogens is 3. The number of alkyl halides is 3. The minimum Gasteiger partial charge on any atom is -0.457 e. The van der Waals surface area contributed by atoms with Gasteiger partial charge in [-0.05, 0) is 113 Å². The zero-order valence-corrected chi connectivity index (χ0v) is 23.5. The van der Waals surface area contributed by atoms with Crippen molar-refractivity contribution in [3.63, 3.8) is 0 Å². The van der Waals surface area contributed by atoms with Gasteiger partial charge < -0.3 is 9.47 Å². The maximum Gasteiger partial charge on any atom is 0.416 e. The molecule has 0 bridgehead atoms. The van der Waals surface area contributed by atoms with Gasteiger partial charge in [-0.25, -0.2) is 0 Å². The van der Waals surface area contributed by atoms with E-state index in [0.717, 1.165) is 55.4 Å². The highest BCUT2D eigenvalue weighted by Crippen LogP contribution is 2.36. The lowest BCUT2D eigenvalue weighted by molar-refractivity contribution is -0.137. The van der Waals surface area contributed by atoms with E-state index in [4.69, 9.17) is 16.0 Å². The maximum absolute atomic E-state index is 13.0. The number of aryl methyl sites for hydroxylation is 1. The highest BCUT2D eigenvalue weighted by atomic mass is 19.4. The Bertz CT molecular complexity index is 2490. The zero-order chi connectivity index (χ0) is 31.3. The Morgan fingerprint density at radius 2 is 1.09 bits per heavy atom. The second-order valence-corrected chi connectivity index (χ2v) is 10.5. The minimum atomic E-state index is -4.45. The molecule has 7 aromatic carbocycles. The van der Waals surface area contributed by atoms with E-state index in [2.05, 4.69) is 15.0 Å². The summed E-state index contributed by atoms with van der Waals surface area (Å²) in [6, 6.07) is 26.9. The van der Waals surface area contributed by atoms with E-state index in [1.807, 2.05) is 73.8 Å². The first-order chi connectivity index (χ1) is 21.7. The standard InChI is InChI=1S/C36H19F3N4O2/c1-20-3-7-22(8-4-20)44-25-12-14-27-29-17-32-28(18-33(29)35(43-41-2)31(27)16-25)26-13-11-24(15-30(26)34(32)42-19-40)45-23-9-5-21(6-10-23)36(37,38)39/h3-18H,1H3/b42-34+,43-35+. The van der Waals surface area contributed by atoms with E-state index < -0.39 is 11.7 Å². The van der Waals surface area contributed by atoms with Crippen LogP contribution in [0, 0.1) is 25.0 Å². The van der Waals surface area contributed by atoms with Crippen molar-refractivity contribution >= 4 is 43.1 Å². The SMILES string of the molecule is [C-]#[N+]/N=c1\c2cc(Oc3ccc(C)cc3)ccc2c2cc3/c(=N/C#N)c4cc(Oc5ccc(C(F)(F)F)cc5)ccc4c3cc12. The predicted octanol–water partition coefficient (Wildman–Crippen LogP) is 9.20. The van der Waals surface area contributed by atoms with Gasteiger partial charge in [-0.15, -0.1) is 4.95 Å². The first-order valence-electron chi connectivity index (χ1n) is 13.7. The number of nitrogens with zero attached hydrogens (tertiary/aromatic N) is 4. The molecule has 0 aromatic heterocycles. The molecule has 6 nitrogen and oxygen atoms in total. The number of ether oxygens (including phenoxy) is 2. The van der Waals surface area contributed by atoms with Crippen molar-refractivity contribution in [2.45, 2.75) is 13.1 Å². The molecule has 0 aliphatic carbocycles. The third kappa shape index (κ3) is 4.87. The summed E-state index contributed by atoms with van der Waals surface area (Å²) in [5.74, 6) is 1.90. The molecule has 9 heteroatoms. The topological polar surface area (TPSA) is 71.3 Å². The van der Waals surface area contributed by atoms with Crippen LogP contribution in [0.4, 0.5) is 13.2 Å². The molecule has 216 valence electrons. The van der Waals surface area contributed by atoms with Crippen molar-refractivity contribution in [1.82, 2.24) is 0 Å². The van der Waals surface area contributed by atoms with Gasteiger partial charge in [0.2, 0.25) is 6.19 Å². The van der Waals surface area contributed by atoms with Crippen LogP contribution in [0.2, 0.25) is 0 Å². The van der Waals surface area contributed by atoms with Crippen molar-refractivity contribution < 1.29 is 22.6 Å². The number of fused-ring (bicyclic) bond motifs is 6. The number of hydrogen-bond donors (Lipinski definition) is 0. The van der Waals surface area contributed by atoms with Crippen LogP contribution in [-0.2, 0) is 6.18 Å². The lowest BCUT2D eigenvalue weighted by atomic mass is 10.1. The van der Waals surface area contributed by atoms with Gasteiger partial charge in [0.05, 0.1) is 16.0 Å². The fourth-order valence-corrected chi connectivity index (χ4v) is 5.68. The number of nitriles is 1. The van der Waals surface area contributed by atoms with Crippen molar-refractivity contribution in [1.29, 1.82) is 5.26 Å². The Labute approximate surface area is 253 Å². The highest BCUT2D eigenvalue weighted by molar-refractivity contribution is 6.21. The first-order valence-corrected chi connectivity index (χ1v) is 13.7. The zero-order valence-electron chi connectivity index (χ0n) is 23.5. The Kier molecular flexibility index (Phi) is 6.46. The van der Waals surface area contributed by atoms with Gasteiger partial charge >= 0.3 is 6.18 Å². The number of hydrogen-bond acceptors (Lipinski definition) is 5. The average Bonchev–Trinajstić information content (AvgIpc) is 3.48. The summed E-state index contributed by atoms with van der Waals surface area (Å²) in [7, 11) is 0. The van der Waals surface area contributed by atoms with Crippen LogP contribution in [-0.4, -0.2) is 0 Å². The van der Waals surface area contributed by atoms with Crippen LogP contribution in [0.15, 0.2) is 107 Å². The molecular weight excluding hydrogens is 577 g/mol. The second-order valence-electron chi connectivity index (χ2n) is 10.5. The summed E-state index contributed by atoms with van der Waals surface area (Å²) >= 11 is 0. The van der Waals surface area contributed by atoms with Crippen LogP contribution in [0.25, 0.3) is 48.0 Å². The molecule has 7 aromatic rings. The van der Waals surface area contributed by atoms with Crippen LogP contribution in [0.5, 0.6) is 23.0 Å². The Hall–Kier alpha value is -6.19. The summed E-state index contributed by atoms with van der Waals surface area (Å²) in [6.07, 6.45) is -2.55.